The van der Waals surface area contributed by atoms with Gasteiger partial charge in [-0.05, 0) is 31.5 Å². The molecule has 0 aliphatic rings. The molecule has 3 heteroatoms. The van der Waals surface area contributed by atoms with Crippen LogP contribution in [0.2, 0.25) is 0 Å². The number of hydrogen-bond acceptors (Lipinski definition) is 3. The van der Waals surface area contributed by atoms with E-state index in [-0.39, 0.29) is 0 Å². The predicted molar refractivity (Wildman–Crippen MR) is 95.0 cm³/mol. The van der Waals surface area contributed by atoms with Crippen LogP contribution in [0.15, 0.2) is 48.5 Å². The van der Waals surface area contributed by atoms with Crippen LogP contribution in [0.5, 0.6) is 11.5 Å². The monoisotopic (exact) mass is 313 g/mol. The summed E-state index contributed by atoms with van der Waals surface area (Å²) in [6.45, 7) is 7.19. The Morgan fingerprint density at radius 3 is 2.48 bits per heavy atom. The summed E-state index contributed by atoms with van der Waals surface area (Å²) in [5, 5.41) is 3.47. The van der Waals surface area contributed by atoms with Crippen molar-refractivity contribution >= 4 is 0 Å². The Balaban J connectivity index is 2.08. The van der Waals surface area contributed by atoms with Gasteiger partial charge in [-0.15, -0.1) is 0 Å². The number of hydrogen-bond donors (Lipinski definition) is 1. The van der Waals surface area contributed by atoms with Gasteiger partial charge in [0.1, 0.15) is 6.61 Å². The molecule has 23 heavy (non-hydrogen) atoms. The fourth-order valence-corrected chi connectivity index (χ4v) is 2.39. The first-order valence-electron chi connectivity index (χ1n) is 8.47. The van der Waals surface area contributed by atoms with E-state index in [9.17, 15) is 0 Å². The first kappa shape index (κ1) is 17.4. The van der Waals surface area contributed by atoms with Crippen LogP contribution in [-0.4, -0.2) is 13.2 Å². The molecular formula is C20H27NO2. The smallest absolute Gasteiger partial charge is 0.166 e. The van der Waals surface area contributed by atoms with Gasteiger partial charge in [-0.2, -0.15) is 0 Å². The van der Waals surface area contributed by atoms with Gasteiger partial charge >= 0.3 is 0 Å². The summed E-state index contributed by atoms with van der Waals surface area (Å²) in [6.07, 6.45) is 2.38. The Bertz CT molecular complexity index is 569. The highest BCUT2D eigenvalue weighted by Crippen LogP contribution is 2.32. The molecule has 0 aromatic heterocycles. The lowest BCUT2D eigenvalue weighted by atomic mass is 10.1. The fraction of sp³-hybridized carbons (Fsp3) is 0.400. The molecule has 0 aliphatic carbocycles. The third-order valence-corrected chi connectivity index (χ3v) is 3.61. The molecule has 0 spiro atoms. The second-order valence-electron chi connectivity index (χ2n) is 5.48. The van der Waals surface area contributed by atoms with E-state index in [0.29, 0.717) is 13.2 Å². The zero-order chi connectivity index (χ0) is 16.3. The zero-order valence-electron chi connectivity index (χ0n) is 14.2. The summed E-state index contributed by atoms with van der Waals surface area (Å²) >= 11 is 0. The highest BCUT2D eigenvalue weighted by Gasteiger charge is 2.11. The van der Waals surface area contributed by atoms with E-state index < -0.39 is 0 Å². The van der Waals surface area contributed by atoms with Gasteiger partial charge in [0.05, 0.1) is 6.61 Å². The van der Waals surface area contributed by atoms with Crippen molar-refractivity contribution in [2.24, 2.45) is 0 Å². The second kappa shape index (κ2) is 9.90. The third kappa shape index (κ3) is 5.61. The first-order valence-corrected chi connectivity index (χ1v) is 8.47. The Hall–Kier alpha value is -2.00. The standard InChI is InChI=1S/C20H27NO2/c1-3-5-14-21-15-18-12-9-13-19(22-4-2)20(18)23-16-17-10-7-6-8-11-17/h6-13,21H,3-5,14-16H2,1-2H3. The number of unbranched alkanes of at least 4 members (excludes halogenated alkanes) is 1. The van der Waals surface area contributed by atoms with Gasteiger partial charge < -0.3 is 14.8 Å². The molecule has 0 bridgehead atoms. The van der Waals surface area contributed by atoms with Crippen LogP contribution in [0.4, 0.5) is 0 Å². The largest absolute Gasteiger partial charge is 0.490 e. The summed E-state index contributed by atoms with van der Waals surface area (Å²) in [5.74, 6) is 1.67. The third-order valence-electron chi connectivity index (χ3n) is 3.61. The number of nitrogens with one attached hydrogen (secondary N) is 1. The topological polar surface area (TPSA) is 30.5 Å². The Morgan fingerprint density at radius 1 is 0.913 bits per heavy atom. The van der Waals surface area contributed by atoms with Crippen LogP contribution >= 0.6 is 0 Å². The summed E-state index contributed by atoms with van der Waals surface area (Å²) < 4.78 is 11.8. The summed E-state index contributed by atoms with van der Waals surface area (Å²) in [5.41, 5.74) is 2.30. The lowest BCUT2D eigenvalue weighted by Crippen LogP contribution is -2.15. The minimum atomic E-state index is 0.548. The van der Waals surface area contributed by atoms with Gasteiger partial charge in [-0.3, -0.25) is 0 Å². The van der Waals surface area contributed by atoms with E-state index in [1.165, 1.54) is 12.8 Å². The molecule has 0 atom stereocenters. The van der Waals surface area contributed by atoms with E-state index in [2.05, 4.69) is 30.4 Å². The van der Waals surface area contributed by atoms with Crippen molar-refractivity contribution in [3.8, 4) is 11.5 Å². The van der Waals surface area contributed by atoms with E-state index >= 15 is 0 Å². The molecule has 2 aromatic rings. The van der Waals surface area contributed by atoms with Crippen LogP contribution in [0.1, 0.15) is 37.8 Å². The predicted octanol–water partition coefficient (Wildman–Crippen LogP) is 4.55. The Morgan fingerprint density at radius 2 is 1.74 bits per heavy atom. The summed E-state index contributed by atoms with van der Waals surface area (Å²) in [6, 6.07) is 16.3. The lowest BCUT2D eigenvalue weighted by molar-refractivity contribution is 0.266. The van der Waals surface area contributed by atoms with Crippen molar-refractivity contribution in [3.63, 3.8) is 0 Å². The average molecular weight is 313 g/mol. The van der Waals surface area contributed by atoms with Crippen LogP contribution in [0.3, 0.4) is 0 Å². The molecule has 2 rings (SSSR count). The van der Waals surface area contributed by atoms with E-state index in [0.717, 1.165) is 35.7 Å². The molecule has 3 nitrogen and oxygen atoms in total. The highest BCUT2D eigenvalue weighted by molar-refractivity contribution is 5.46. The first-order chi connectivity index (χ1) is 11.3. The van der Waals surface area contributed by atoms with E-state index in [1.807, 2.05) is 37.3 Å². The molecule has 1 N–H and O–H groups in total. The van der Waals surface area contributed by atoms with Crippen molar-refractivity contribution in [1.82, 2.24) is 5.32 Å². The number of benzene rings is 2. The van der Waals surface area contributed by atoms with Gasteiger partial charge in [0, 0.05) is 12.1 Å². The molecule has 2 aromatic carbocycles. The van der Waals surface area contributed by atoms with Crippen LogP contribution < -0.4 is 14.8 Å². The molecule has 0 aliphatic heterocycles. The SMILES string of the molecule is CCCCNCc1cccc(OCC)c1OCc1ccccc1. The van der Waals surface area contributed by atoms with Gasteiger partial charge in [0.25, 0.3) is 0 Å². The lowest BCUT2D eigenvalue weighted by Gasteiger charge is -2.16. The maximum absolute atomic E-state index is 6.10. The van der Waals surface area contributed by atoms with Gasteiger partial charge in [-0.25, -0.2) is 0 Å². The normalized spacial score (nSPS) is 10.5. The number of ether oxygens (including phenoxy) is 2. The number of rotatable bonds is 10. The fourth-order valence-electron chi connectivity index (χ4n) is 2.39. The minimum absolute atomic E-state index is 0.548. The van der Waals surface area contributed by atoms with Crippen LogP contribution in [-0.2, 0) is 13.2 Å². The minimum Gasteiger partial charge on any atom is -0.490 e. The average Bonchev–Trinajstić information content (AvgIpc) is 2.59. The van der Waals surface area contributed by atoms with Gasteiger partial charge in [-0.1, -0.05) is 55.8 Å². The van der Waals surface area contributed by atoms with Crippen molar-refractivity contribution in [2.75, 3.05) is 13.2 Å². The van der Waals surface area contributed by atoms with Gasteiger partial charge in [0.15, 0.2) is 11.5 Å². The molecular weight excluding hydrogens is 286 g/mol. The molecule has 0 fully saturated rings. The zero-order valence-corrected chi connectivity index (χ0v) is 14.2. The molecule has 0 saturated heterocycles. The van der Waals surface area contributed by atoms with Crippen molar-refractivity contribution < 1.29 is 9.47 Å². The van der Waals surface area contributed by atoms with Crippen molar-refractivity contribution in [1.29, 1.82) is 0 Å². The molecule has 0 radical (unpaired) electrons. The Kier molecular flexibility index (Phi) is 7.47. The summed E-state index contributed by atoms with van der Waals surface area (Å²) in [4.78, 5) is 0. The van der Waals surface area contributed by atoms with Crippen LogP contribution in [0.25, 0.3) is 0 Å². The second-order valence-corrected chi connectivity index (χ2v) is 5.48. The molecule has 0 heterocycles. The highest BCUT2D eigenvalue weighted by atomic mass is 16.5. The molecule has 0 unspecified atom stereocenters. The maximum Gasteiger partial charge on any atom is 0.166 e. The quantitative estimate of drug-likeness (QED) is 0.653. The molecule has 0 amide bonds. The van der Waals surface area contributed by atoms with E-state index in [4.69, 9.17) is 9.47 Å². The maximum atomic E-state index is 6.10. The van der Waals surface area contributed by atoms with Crippen LogP contribution in [0, 0.1) is 0 Å². The van der Waals surface area contributed by atoms with Crippen molar-refractivity contribution in [3.05, 3.63) is 59.7 Å². The number of para-hydroxylation sites is 1. The van der Waals surface area contributed by atoms with Crippen molar-refractivity contribution in [2.45, 2.75) is 39.8 Å². The van der Waals surface area contributed by atoms with E-state index in [1.54, 1.807) is 0 Å². The molecule has 124 valence electrons. The Labute approximate surface area is 139 Å². The summed E-state index contributed by atoms with van der Waals surface area (Å²) in [7, 11) is 0. The van der Waals surface area contributed by atoms with Gasteiger partial charge in [0.2, 0.25) is 0 Å². The molecule has 0 saturated carbocycles.